The largest absolute Gasteiger partial charge is 0.497 e. The summed E-state index contributed by atoms with van der Waals surface area (Å²) in [7, 11) is 1.61. The van der Waals surface area contributed by atoms with Crippen LogP contribution in [0.1, 0.15) is 54.7 Å². The number of hydrogen-bond donors (Lipinski definition) is 0. The van der Waals surface area contributed by atoms with Crippen LogP contribution in [0.4, 0.5) is 0 Å². The van der Waals surface area contributed by atoms with Crippen LogP contribution in [0.5, 0.6) is 5.75 Å². The standard InChI is InChI=1S/C19H25N3O3/c1-13(2)18-20-17(25-21-18)11-14-7-9-22(10-8-14)19(23)15-5-4-6-16(12-15)24-3/h4-6,12-14H,7-11H2,1-3H3. The first-order chi connectivity index (χ1) is 12.1. The van der Waals surface area contributed by atoms with Crippen LogP contribution in [0.2, 0.25) is 0 Å². The van der Waals surface area contributed by atoms with E-state index in [9.17, 15) is 4.79 Å². The number of likely N-dealkylation sites (tertiary alicyclic amines) is 1. The van der Waals surface area contributed by atoms with Gasteiger partial charge in [0.25, 0.3) is 5.91 Å². The average Bonchev–Trinajstić information content (AvgIpc) is 3.10. The van der Waals surface area contributed by atoms with Crippen molar-refractivity contribution in [3.63, 3.8) is 0 Å². The van der Waals surface area contributed by atoms with E-state index in [0.717, 1.165) is 38.2 Å². The zero-order chi connectivity index (χ0) is 17.8. The molecule has 25 heavy (non-hydrogen) atoms. The van der Waals surface area contributed by atoms with Gasteiger partial charge in [-0.05, 0) is 37.0 Å². The molecule has 2 aromatic rings. The van der Waals surface area contributed by atoms with Crippen LogP contribution in [0.25, 0.3) is 0 Å². The number of nitrogens with zero attached hydrogens (tertiary/aromatic N) is 3. The lowest BCUT2D eigenvalue weighted by atomic mass is 9.93. The average molecular weight is 343 g/mol. The maximum absolute atomic E-state index is 12.6. The number of ether oxygens (including phenoxy) is 1. The van der Waals surface area contributed by atoms with E-state index in [2.05, 4.69) is 24.0 Å². The summed E-state index contributed by atoms with van der Waals surface area (Å²) in [5.74, 6) is 3.01. The fourth-order valence-corrected chi connectivity index (χ4v) is 3.11. The lowest BCUT2D eigenvalue weighted by Gasteiger charge is -2.31. The van der Waals surface area contributed by atoms with E-state index in [1.807, 2.05) is 23.1 Å². The van der Waals surface area contributed by atoms with E-state index >= 15 is 0 Å². The fraction of sp³-hybridized carbons (Fsp3) is 0.526. The maximum Gasteiger partial charge on any atom is 0.253 e. The summed E-state index contributed by atoms with van der Waals surface area (Å²) in [4.78, 5) is 19.0. The molecular formula is C19H25N3O3. The van der Waals surface area contributed by atoms with E-state index in [-0.39, 0.29) is 11.8 Å². The van der Waals surface area contributed by atoms with E-state index in [1.54, 1.807) is 13.2 Å². The molecule has 1 aromatic heterocycles. The number of aromatic nitrogens is 2. The molecule has 0 aliphatic carbocycles. The lowest BCUT2D eigenvalue weighted by molar-refractivity contribution is 0.0687. The number of piperidine rings is 1. The van der Waals surface area contributed by atoms with Crippen molar-refractivity contribution in [1.82, 2.24) is 15.0 Å². The molecule has 1 aliphatic heterocycles. The quantitative estimate of drug-likeness (QED) is 0.833. The number of benzene rings is 1. The van der Waals surface area contributed by atoms with Gasteiger partial charge in [-0.1, -0.05) is 25.1 Å². The first-order valence-corrected chi connectivity index (χ1v) is 8.82. The highest BCUT2D eigenvalue weighted by atomic mass is 16.5. The summed E-state index contributed by atoms with van der Waals surface area (Å²) in [6.45, 7) is 5.62. The SMILES string of the molecule is COc1cccc(C(=O)N2CCC(Cc3nc(C(C)C)no3)CC2)c1. The minimum absolute atomic E-state index is 0.0669. The molecule has 0 spiro atoms. The zero-order valence-corrected chi connectivity index (χ0v) is 15.1. The Bertz CT molecular complexity index is 718. The molecule has 1 amide bonds. The third-order valence-corrected chi connectivity index (χ3v) is 4.68. The molecule has 1 saturated heterocycles. The molecule has 134 valence electrons. The summed E-state index contributed by atoms with van der Waals surface area (Å²) >= 11 is 0. The summed E-state index contributed by atoms with van der Waals surface area (Å²) < 4.78 is 10.5. The monoisotopic (exact) mass is 343 g/mol. The third-order valence-electron chi connectivity index (χ3n) is 4.68. The molecule has 2 heterocycles. The van der Waals surface area contributed by atoms with Crippen molar-refractivity contribution in [1.29, 1.82) is 0 Å². The van der Waals surface area contributed by atoms with E-state index < -0.39 is 0 Å². The smallest absolute Gasteiger partial charge is 0.253 e. The number of rotatable bonds is 5. The van der Waals surface area contributed by atoms with Gasteiger partial charge < -0.3 is 14.2 Å². The second-order valence-corrected chi connectivity index (χ2v) is 6.87. The first-order valence-electron chi connectivity index (χ1n) is 8.82. The van der Waals surface area contributed by atoms with Crippen LogP contribution in [0.3, 0.4) is 0 Å². The van der Waals surface area contributed by atoms with Crippen LogP contribution < -0.4 is 4.74 Å². The second-order valence-electron chi connectivity index (χ2n) is 6.87. The predicted octanol–water partition coefficient (Wildman–Crippen LogP) is 3.30. The number of carbonyl (C=O) groups excluding carboxylic acids is 1. The number of hydrogen-bond acceptors (Lipinski definition) is 5. The molecule has 1 aromatic carbocycles. The minimum Gasteiger partial charge on any atom is -0.497 e. The third kappa shape index (κ3) is 4.18. The summed E-state index contributed by atoms with van der Waals surface area (Å²) in [6, 6.07) is 7.32. The van der Waals surface area contributed by atoms with Crippen LogP contribution in [-0.2, 0) is 6.42 Å². The topological polar surface area (TPSA) is 68.5 Å². The van der Waals surface area contributed by atoms with Gasteiger partial charge in [0, 0.05) is 31.0 Å². The summed E-state index contributed by atoms with van der Waals surface area (Å²) in [5.41, 5.74) is 0.677. The minimum atomic E-state index is 0.0669. The molecule has 0 saturated carbocycles. The van der Waals surface area contributed by atoms with Crippen molar-refractivity contribution in [2.75, 3.05) is 20.2 Å². The van der Waals surface area contributed by atoms with Crippen molar-refractivity contribution in [3.05, 3.63) is 41.5 Å². The Morgan fingerprint density at radius 1 is 1.36 bits per heavy atom. The Labute approximate surface area is 148 Å². The molecule has 1 fully saturated rings. The molecule has 6 nitrogen and oxygen atoms in total. The Balaban J connectivity index is 1.54. The highest BCUT2D eigenvalue weighted by molar-refractivity contribution is 5.94. The van der Waals surface area contributed by atoms with Gasteiger partial charge in [-0.3, -0.25) is 4.79 Å². The van der Waals surface area contributed by atoms with Crippen molar-refractivity contribution < 1.29 is 14.1 Å². The van der Waals surface area contributed by atoms with Crippen LogP contribution in [0, 0.1) is 5.92 Å². The zero-order valence-electron chi connectivity index (χ0n) is 15.1. The van der Waals surface area contributed by atoms with Crippen molar-refractivity contribution >= 4 is 5.91 Å². The van der Waals surface area contributed by atoms with Gasteiger partial charge in [-0.25, -0.2) is 0 Å². The van der Waals surface area contributed by atoms with Crippen molar-refractivity contribution in [2.45, 2.75) is 39.0 Å². The molecule has 3 rings (SSSR count). The number of amides is 1. The molecule has 0 unspecified atom stereocenters. The predicted molar refractivity (Wildman–Crippen MR) is 93.7 cm³/mol. The maximum atomic E-state index is 12.6. The fourth-order valence-electron chi connectivity index (χ4n) is 3.11. The Hall–Kier alpha value is -2.37. The Morgan fingerprint density at radius 3 is 2.76 bits per heavy atom. The van der Waals surface area contributed by atoms with E-state index in [1.165, 1.54) is 0 Å². The molecule has 0 N–H and O–H groups in total. The number of methoxy groups -OCH3 is 1. The van der Waals surface area contributed by atoms with Crippen LogP contribution in [0.15, 0.2) is 28.8 Å². The van der Waals surface area contributed by atoms with E-state index in [0.29, 0.717) is 23.1 Å². The van der Waals surface area contributed by atoms with Crippen LogP contribution >= 0.6 is 0 Å². The molecule has 1 aliphatic rings. The number of carbonyl (C=O) groups is 1. The Morgan fingerprint density at radius 2 is 2.12 bits per heavy atom. The molecule has 0 radical (unpaired) electrons. The molecule has 6 heteroatoms. The lowest BCUT2D eigenvalue weighted by Crippen LogP contribution is -2.38. The Kier molecular flexibility index (Phi) is 5.36. The highest BCUT2D eigenvalue weighted by Crippen LogP contribution is 2.24. The van der Waals surface area contributed by atoms with Gasteiger partial charge in [0.15, 0.2) is 5.82 Å². The van der Waals surface area contributed by atoms with Crippen molar-refractivity contribution in [2.24, 2.45) is 5.92 Å². The first kappa shape index (κ1) is 17.5. The van der Waals surface area contributed by atoms with Gasteiger partial charge in [0.05, 0.1) is 7.11 Å². The van der Waals surface area contributed by atoms with Gasteiger partial charge in [-0.2, -0.15) is 4.98 Å². The summed E-state index contributed by atoms with van der Waals surface area (Å²) in [5, 5.41) is 4.02. The highest BCUT2D eigenvalue weighted by Gasteiger charge is 2.25. The van der Waals surface area contributed by atoms with Gasteiger partial charge in [-0.15, -0.1) is 0 Å². The summed E-state index contributed by atoms with van der Waals surface area (Å²) in [6.07, 6.45) is 2.70. The molecular weight excluding hydrogens is 318 g/mol. The van der Waals surface area contributed by atoms with Crippen LogP contribution in [-0.4, -0.2) is 41.1 Å². The molecule has 0 bridgehead atoms. The van der Waals surface area contributed by atoms with Gasteiger partial charge >= 0.3 is 0 Å². The van der Waals surface area contributed by atoms with Gasteiger partial charge in [0.1, 0.15) is 5.75 Å². The second kappa shape index (κ2) is 7.68. The molecule has 0 atom stereocenters. The normalized spacial score (nSPS) is 15.6. The van der Waals surface area contributed by atoms with E-state index in [4.69, 9.17) is 9.26 Å². The van der Waals surface area contributed by atoms with Crippen molar-refractivity contribution in [3.8, 4) is 5.75 Å². The van der Waals surface area contributed by atoms with Gasteiger partial charge in [0.2, 0.25) is 5.89 Å².